The van der Waals surface area contributed by atoms with E-state index in [0.29, 0.717) is 29.5 Å². The second kappa shape index (κ2) is 10.1. The zero-order valence-electron chi connectivity index (χ0n) is 15.9. The molecule has 2 aliphatic rings. The molecule has 2 fully saturated rings. The molecule has 0 atom stereocenters. The molecule has 7 heteroatoms. The van der Waals surface area contributed by atoms with Crippen molar-refractivity contribution in [2.24, 2.45) is 0 Å². The van der Waals surface area contributed by atoms with E-state index in [2.05, 4.69) is 10.6 Å². The number of likely N-dealkylation sites (tertiary alicyclic amines) is 2. The Balaban J connectivity index is 1.48. The van der Waals surface area contributed by atoms with E-state index >= 15 is 0 Å². The molecule has 1 aromatic rings. The molecule has 2 saturated heterocycles. The van der Waals surface area contributed by atoms with Crippen molar-refractivity contribution in [2.45, 2.75) is 38.5 Å². The van der Waals surface area contributed by atoms with E-state index in [1.807, 2.05) is 0 Å². The molecule has 6 nitrogen and oxygen atoms in total. The molecule has 1 aromatic carbocycles. The van der Waals surface area contributed by atoms with Crippen LogP contribution in [0.5, 0.6) is 0 Å². The van der Waals surface area contributed by atoms with Crippen molar-refractivity contribution in [3.05, 3.63) is 23.2 Å². The topological polar surface area (TPSA) is 67.1 Å². The number of quaternary nitrogens is 2. The molecule has 148 valence electrons. The Kier molecular flexibility index (Phi) is 7.50. The minimum absolute atomic E-state index is 0.00782. The summed E-state index contributed by atoms with van der Waals surface area (Å²) in [6.45, 7) is 5.23. The Morgan fingerprint density at radius 1 is 0.815 bits per heavy atom. The highest BCUT2D eigenvalue weighted by Gasteiger charge is 2.19. The number of carbonyl (C=O) groups is 2. The van der Waals surface area contributed by atoms with Crippen LogP contribution in [-0.2, 0) is 9.59 Å². The van der Waals surface area contributed by atoms with Gasteiger partial charge in [0.2, 0.25) is 0 Å². The molecule has 0 aliphatic carbocycles. The first-order chi connectivity index (χ1) is 13.1. The van der Waals surface area contributed by atoms with E-state index in [4.69, 9.17) is 11.6 Å². The number of piperidine rings is 2. The lowest BCUT2D eigenvalue weighted by molar-refractivity contribution is -0.896. The van der Waals surface area contributed by atoms with Crippen LogP contribution in [0, 0.1) is 0 Å². The number of hydrogen-bond acceptors (Lipinski definition) is 2. The van der Waals surface area contributed by atoms with Crippen LogP contribution in [0.25, 0.3) is 0 Å². The van der Waals surface area contributed by atoms with E-state index in [-0.39, 0.29) is 11.8 Å². The summed E-state index contributed by atoms with van der Waals surface area (Å²) >= 11 is 6.31. The van der Waals surface area contributed by atoms with Gasteiger partial charge >= 0.3 is 0 Å². The van der Waals surface area contributed by atoms with Gasteiger partial charge in [-0.3, -0.25) is 9.59 Å². The largest absolute Gasteiger partial charge is 0.327 e. The van der Waals surface area contributed by atoms with Crippen molar-refractivity contribution >= 4 is 34.8 Å². The maximum absolute atomic E-state index is 12.3. The first-order valence-corrected chi connectivity index (χ1v) is 10.5. The lowest BCUT2D eigenvalue weighted by Gasteiger charge is -2.23. The van der Waals surface area contributed by atoms with E-state index in [1.54, 1.807) is 18.2 Å². The number of halogens is 1. The van der Waals surface area contributed by atoms with Gasteiger partial charge in [-0.2, -0.15) is 0 Å². The number of benzene rings is 1. The van der Waals surface area contributed by atoms with Gasteiger partial charge in [-0.05, 0) is 56.7 Å². The van der Waals surface area contributed by atoms with Gasteiger partial charge in [0.05, 0.1) is 36.9 Å². The van der Waals surface area contributed by atoms with Gasteiger partial charge in [-0.15, -0.1) is 0 Å². The summed E-state index contributed by atoms with van der Waals surface area (Å²) in [4.78, 5) is 27.2. The third-order valence-corrected chi connectivity index (χ3v) is 5.78. The molecule has 2 heterocycles. The van der Waals surface area contributed by atoms with Crippen LogP contribution in [0.4, 0.5) is 11.4 Å². The smallest absolute Gasteiger partial charge is 0.279 e. The van der Waals surface area contributed by atoms with E-state index in [1.165, 1.54) is 48.3 Å². The fourth-order valence-corrected chi connectivity index (χ4v) is 4.23. The van der Waals surface area contributed by atoms with Crippen LogP contribution in [0.3, 0.4) is 0 Å². The average Bonchev–Trinajstić information content (AvgIpc) is 2.65. The summed E-state index contributed by atoms with van der Waals surface area (Å²) in [5, 5.41) is 6.25. The quantitative estimate of drug-likeness (QED) is 0.562. The van der Waals surface area contributed by atoms with Crippen molar-refractivity contribution in [3.8, 4) is 0 Å². The van der Waals surface area contributed by atoms with Crippen LogP contribution < -0.4 is 20.4 Å². The second-order valence-corrected chi connectivity index (χ2v) is 8.17. The van der Waals surface area contributed by atoms with Crippen LogP contribution in [-0.4, -0.2) is 51.1 Å². The number of rotatable bonds is 6. The summed E-state index contributed by atoms with van der Waals surface area (Å²) in [5.74, 6) is -0.00673. The van der Waals surface area contributed by atoms with Crippen LogP contribution in [0.15, 0.2) is 18.2 Å². The van der Waals surface area contributed by atoms with Crippen molar-refractivity contribution in [2.75, 3.05) is 49.9 Å². The predicted molar refractivity (Wildman–Crippen MR) is 108 cm³/mol. The first kappa shape index (κ1) is 20.1. The van der Waals surface area contributed by atoms with Crippen LogP contribution in [0.1, 0.15) is 38.5 Å². The highest BCUT2D eigenvalue weighted by Crippen LogP contribution is 2.25. The summed E-state index contributed by atoms with van der Waals surface area (Å²) in [5.41, 5.74) is 1.26. The van der Waals surface area contributed by atoms with Gasteiger partial charge in [0.1, 0.15) is 0 Å². The third kappa shape index (κ3) is 6.48. The summed E-state index contributed by atoms with van der Waals surface area (Å²) in [6.07, 6.45) is 7.31. The Bertz CT molecular complexity index is 655. The van der Waals surface area contributed by atoms with Gasteiger partial charge < -0.3 is 20.4 Å². The maximum Gasteiger partial charge on any atom is 0.279 e. The molecule has 0 radical (unpaired) electrons. The van der Waals surface area contributed by atoms with Crippen molar-refractivity contribution in [1.82, 2.24) is 0 Å². The number of anilines is 2. The molecule has 0 saturated carbocycles. The molecular weight excluding hydrogens is 364 g/mol. The van der Waals surface area contributed by atoms with Gasteiger partial charge in [0, 0.05) is 5.69 Å². The lowest BCUT2D eigenvalue weighted by atomic mass is 10.1. The molecule has 2 aliphatic heterocycles. The standard InChI is InChI=1S/C20H29ClN4O2/c21-17-13-16(22-19(26)14-24-9-3-1-4-10-24)7-8-18(17)23-20(27)15-25-11-5-2-6-12-25/h7-8,13H,1-6,9-12,14-15H2,(H,22,26)(H,23,27)/p+2. The van der Waals surface area contributed by atoms with Crippen molar-refractivity contribution in [3.63, 3.8) is 0 Å². The number of nitrogens with one attached hydrogen (secondary N) is 4. The van der Waals surface area contributed by atoms with Crippen LogP contribution in [0.2, 0.25) is 5.02 Å². The SMILES string of the molecule is O=C(C[NH+]1CCCCC1)Nc1ccc(NC(=O)C[NH+]2CCCCC2)c(Cl)c1. The summed E-state index contributed by atoms with van der Waals surface area (Å²) < 4.78 is 0. The van der Waals surface area contributed by atoms with Crippen LogP contribution >= 0.6 is 11.6 Å². The average molecular weight is 395 g/mol. The van der Waals surface area contributed by atoms with Crippen molar-refractivity contribution in [1.29, 1.82) is 0 Å². The maximum atomic E-state index is 12.3. The highest BCUT2D eigenvalue weighted by atomic mass is 35.5. The fraction of sp³-hybridized carbons (Fsp3) is 0.600. The van der Waals surface area contributed by atoms with Crippen molar-refractivity contribution < 1.29 is 19.4 Å². The Morgan fingerprint density at radius 2 is 1.33 bits per heavy atom. The van der Waals surface area contributed by atoms with Gasteiger partial charge in [-0.1, -0.05) is 11.6 Å². The molecule has 0 unspecified atom stereocenters. The monoisotopic (exact) mass is 394 g/mol. The molecule has 2 amide bonds. The van der Waals surface area contributed by atoms with Gasteiger partial charge in [0.15, 0.2) is 13.1 Å². The predicted octanol–water partition coefficient (Wildman–Crippen LogP) is 0.355. The Morgan fingerprint density at radius 3 is 1.85 bits per heavy atom. The Labute approximate surface area is 166 Å². The lowest BCUT2D eigenvalue weighted by Crippen LogP contribution is -3.13. The molecule has 0 spiro atoms. The number of amides is 2. The minimum Gasteiger partial charge on any atom is -0.327 e. The molecule has 4 N–H and O–H groups in total. The molecule has 0 aromatic heterocycles. The molecule has 0 bridgehead atoms. The molecule has 27 heavy (non-hydrogen) atoms. The Hall–Kier alpha value is -1.63. The van der Waals surface area contributed by atoms with E-state index < -0.39 is 0 Å². The first-order valence-electron chi connectivity index (χ1n) is 10.2. The van der Waals surface area contributed by atoms with Gasteiger partial charge in [0.25, 0.3) is 11.8 Å². The zero-order chi connectivity index (χ0) is 19.1. The number of hydrogen-bond donors (Lipinski definition) is 4. The third-order valence-electron chi connectivity index (χ3n) is 5.47. The zero-order valence-corrected chi connectivity index (χ0v) is 16.7. The molecular formula is C20H31ClN4O2+2. The normalized spacial score (nSPS) is 18.9. The fourth-order valence-electron chi connectivity index (χ4n) is 4.01. The number of carbonyl (C=O) groups excluding carboxylic acids is 2. The van der Waals surface area contributed by atoms with E-state index in [9.17, 15) is 9.59 Å². The highest BCUT2D eigenvalue weighted by molar-refractivity contribution is 6.34. The molecule has 3 rings (SSSR count). The second-order valence-electron chi connectivity index (χ2n) is 7.77. The summed E-state index contributed by atoms with van der Waals surface area (Å²) in [6, 6.07) is 5.25. The summed E-state index contributed by atoms with van der Waals surface area (Å²) in [7, 11) is 0. The van der Waals surface area contributed by atoms with E-state index in [0.717, 1.165) is 26.2 Å². The van der Waals surface area contributed by atoms with Gasteiger partial charge in [-0.25, -0.2) is 0 Å². The minimum atomic E-state index is -0.0146.